The summed E-state index contributed by atoms with van der Waals surface area (Å²) in [6.07, 6.45) is 5.26. The molecule has 6 aromatic rings. The van der Waals surface area contributed by atoms with Crippen LogP contribution in [0.2, 0.25) is 0 Å². The lowest BCUT2D eigenvalue weighted by atomic mass is 9.97. The Labute approximate surface area is 448 Å². The second-order valence-electron chi connectivity index (χ2n) is 18.2. The number of carbonyl (C=O) groups excluding carboxylic acids is 3. The normalized spacial score (nSPS) is 14.6. The van der Waals surface area contributed by atoms with Crippen LogP contribution < -0.4 is 21.3 Å². The number of carboxylic acid groups (broad SMARTS) is 1. The van der Waals surface area contributed by atoms with Crippen molar-refractivity contribution in [3.8, 4) is 34.4 Å². The van der Waals surface area contributed by atoms with E-state index in [1.165, 1.54) is 40.0 Å². The molecule has 0 aliphatic carbocycles. The second-order valence-corrected chi connectivity index (χ2v) is 22.0. The Balaban J connectivity index is 0.000000224. The lowest BCUT2D eigenvalue weighted by molar-refractivity contribution is -0.143. The van der Waals surface area contributed by atoms with Gasteiger partial charge in [0.2, 0.25) is 20.0 Å². The number of aliphatic carboxylic acids is 1. The molecular weight excluding hydrogens is 1020 g/mol. The molecular formula is C57H58N8O10S2. The molecule has 0 bridgehead atoms. The van der Waals surface area contributed by atoms with E-state index in [9.17, 15) is 51.6 Å². The fourth-order valence-electron chi connectivity index (χ4n) is 9.02. The highest BCUT2D eigenvalue weighted by atomic mass is 32.2. The molecule has 18 nitrogen and oxygen atoms in total. The van der Waals surface area contributed by atoms with E-state index in [-0.39, 0.29) is 34.0 Å². The Morgan fingerprint density at radius 1 is 0.532 bits per heavy atom. The topological polar surface area (TPSA) is 268 Å². The van der Waals surface area contributed by atoms with Gasteiger partial charge >= 0.3 is 24.0 Å². The summed E-state index contributed by atoms with van der Waals surface area (Å²) in [4.78, 5) is 50.1. The van der Waals surface area contributed by atoms with Crippen LogP contribution in [0.1, 0.15) is 60.8 Å². The third kappa shape index (κ3) is 14.5. The molecule has 2 fully saturated rings. The number of nitriles is 2. The third-order valence-corrected chi connectivity index (χ3v) is 16.9. The van der Waals surface area contributed by atoms with Gasteiger partial charge in [0, 0.05) is 39.0 Å². The van der Waals surface area contributed by atoms with Gasteiger partial charge < -0.3 is 31.1 Å². The predicted molar refractivity (Wildman–Crippen MR) is 290 cm³/mol. The highest BCUT2D eigenvalue weighted by molar-refractivity contribution is 7.89. The van der Waals surface area contributed by atoms with Crippen molar-refractivity contribution in [2.75, 3.05) is 43.9 Å². The minimum atomic E-state index is -3.81. The first-order valence-corrected chi connectivity index (χ1v) is 27.8. The average Bonchev–Trinajstić information content (AvgIpc) is 3.47. The number of methoxy groups -OCH3 is 1. The first-order chi connectivity index (χ1) is 37.1. The lowest BCUT2D eigenvalue weighted by Crippen LogP contribution is -2.45. The zero-order valence-corrected chi connectivity index (χ0v) is 43.9. The first kappa shape index (κ1) is 56.3. The summed E-state index contributed by atoms with van der Waals surface area (Å²) in [6.45, 7) is 1.72. The van der Waals surface area contributed by atoms with Gasteiger partial charge in [-0.3, -0.25) is 0 Å². The Bertz CT molecular complexity index is 3390. The van der Waals surface area contributed by atoms with Crippen LogP contribution in [0, 0.1) is 22.7 Å². The molecule has 0 aromatic heterocycles. The van der Waals surface area contributed by atoms with Gasteiger partial charge in [0.05, 0.1) is 41.7 Å². The van der Waals surface area contributed by atoms with Crippen LogP contribution in [0.4, 0.5) is 21.0 Å². The quantitative estimate of drug-likeness (QED) is 0.0571. The molecule has 2 heterocycles. The van der Waals surface area contributed by atoms with Crippen molar-refractivity contribution in [2.24, 2.45) is 0 Å². The Kier molecular flexibility index (Phi) is 19.3. The lowest BCUT2D eigenvalue weighted by Gasteiger charge is -2.27. The van der Waals surface area contributed by atoms with Crippen LogP contribution >= 0.6 is 0 Å². The van der Waals surface area contributed by atoms with Crippen LogP contribution in [-0.2, 0) is 47.2 Å². The number of ether oxygens (including phenoxy) is 1. The van der Waals surface area contributed by atoms with Gasteiger partial charge in [-0.15, -0.1) is 0 Å². The van der Waals surface area contributed by atoms with E-state index in [2.05, 4.69) is 33.4 Å². The van der Waals surface area contributed by atoms with Gasteiger partial charge in [0.25, 0.3) is 0 Å². The molecule has 0 spiro atoms. The number of anilines is 2. The van der Waals surface area contributed by atoms with E-state index >= 15 is 0 Å². The minimum absolute atomic E-state index is 0.00454. The summed E-state index contributed by atoms with van der Waals surface area (Å²) in [5, 5.41) is 38.6. The van der Waals surface area contributed by atoms with Crippen LogP contribution in [0.25, 0.3) is 22.3 Å². The largest absolute Gasteiger partial charge is 0.480 e. The van der Waals surface area contributed by atoms with E-state index in [4.69, 9.17) is 4.74 Å². The van der Waals surface area contributed by atoms with Gasteiger partial charge in [0.1, 0.15) is 21.9 Å². The highest BCUT2D eigenvalue weighted by Crippen LogP contribution is 2.30. The van der Waals surface area contributed by atoms with Gasteiger partial charge in [0.15, 0.2) is 0 Å². The number of esters is 1. The molecule has 2 aliphatic heterocycles. The molecule has 2 aliphatic rings. The summed E-state index contributed by atoms with van der Waals surface area (Å²) in [5.74, 6) is -1.87. The van der Waals surface area contributed by atoms with E-state index in [0.29, 0.717) is 42.9 Å². The SMILES string of the molecule is COC(=O)[C@H](Cc1ccc(-c2ccccc2C#N)cc1)NC(=O)Nc1ccccc1S(=O)(=O)N1CCCCC1.N#Cc1ccccc1-c1ccc(C[C@H](NC(=O)Nc2ccccc2S(=O)(=O)N2CCCCC2)C(=O)O)cc1. The number of carboxylic acids is 1. The number of piperidine rings is 2. The van der Waals surface area contributed by atoms with Gasteiger partial charge in [-0.2, -0.15) is 19.1 Å². The van der Waals surface area contributed by atoms with E-state index in [1.54, 1.807) is 72.8 Å². The highest BCUT2D eigenvalue weighted by Gasteiger charge is 2.31. The van der Waals surface area contributed by atoms with Crippen molar-refractivity contribution in [3.05, 3.63) is 168 Å². The number of sulfonamides is 2. The van der Waals surface area contributed by atoms with Gasteiger partial charge in [-0.1, -0.05) is 122 Å². The number of urea groups is 2. The first-order valence-electron chi connectivity index (χ1n) is 24.9. The average molecular weight is 1080 g/mol. The van der Waals surface area contributed by atoms with Crippen LogP contribution in [0.3, 0.4) is 0 Å². The maximum Gasteiger partial charge on any atom is 0.328 e. The van der Waals surface area contributed by atoms with Crippen molar-refractivity contribution in [3.63, 3.8) is 0 Å². The molecule has 6 aromatic carbocycles. The van der Waals surface area contributed by atoms with Gasteiger partial charge in [-0.05, 0) is 95.5 Å². The monoisotopic (exact) mass is 1080 g/mol. The molecule has 0 saturated carbocycles. The Hall–Kier alpha value is -8.40. The molecule has 8 rings (SSSR count). The third-order valence-electron chi connectivity index (χ3n) is 13.0. The number of benzene rings is 6. The maximum absolute atomic E-state index is 13.2. The number of hydrogen-bond donors (Lipinski definition) is 5. The number of rotatable bonds is 16. The van der Waals surface area contributed by atoms with Crippen LogP contribution in [0.5, 0.6) is 0 Å². The van der Waals surface area contributed by atoms with Crippen LogP contribution in [-0.4, -0.2) is 99.9 Å². The minimum Gasteiger partial charge on any atom is -0.480 e. The number of hydrogen-bond acceptors (Lipinski definition) is 11. The summed E-state index contributed by atoms with van der Waals surface area (Å²) in [7, 11) is -6.37. The Morgan fingerprint density at radius 2 is 0.896 bits per heavy atom. The second kappa shape index (κ2) is 26.4. The molecule has 2 saturated heterocycles. The molecule has 4 amide bonds. The van der Waals surface area contributed by atoms with Crippen molar-refractivity contribution >= 4 is 55.4 Å². The van der Waals surface area contributed by atoms with Crippen molar-refractivity contribution in [1.29, 1.82) is 10.5 Å². The molecule has 398 valence electrons. The number of carbonyl (C=O) groups is 4. The zero-order chi connectivity index (χ0) is 55.0. The van der Waals surface area contributed by atoms with E-state index < -0.39 is 56.1 Å². The standard InChI is InChI=1S/C29H30N4O5S.C28H28N4O5S/c1-38-28(34)26(19-21-13-15-22(16-14-21)24-10-4-3-9-23(24)20-30)32-29(35)31-25-11-5-6-12-27(25)39(36,37)33-17-7-2-8-18-33;29-19-22-8-2-3-9-23(22)21-14-12-20(13-15-21)18-25(27(33)34)31-28(35)30-24-10-4-5-11-26(24)38(36,37)32-16-6-1-7-17-32/h3-6,9-16,26H,2,7-8,17-19H2,1H3,(H2,31,32,35);2-5,8-15,25H,1,6-7,16-18H2,(H,33,34)(H2,30,31,35)/t26-;25-/m00/s1. The fourth-order valence-corrected chi connectivity index (χ4v) is 12.4. The predicted octanol–water partition coefficient (Wildman–Crippen LogP) is 8.52. The van der Waals surface area contributed by atoms with Crippen molar-refractivity contribution in [1.82, 2.24) is 19.2 Å². The summed E-state index contributed by atoms with van der Waals surface area (Å²) < 4.78 is 60.6. The maximum atomic E-state index is 13.2. The van der Waals surface area contributed by atoms with Crippen LogP contribution in [0.15, 0.2) is 155 Å². The summed E-state index contributed by atoms with van der Waals surface area (Å²) >= 11 is 0. The summed E-state index contributed by atoms with van der Waals surface area (Å²) in [5.41, 5.74) is 5.96. The smallest absolute Gasteiger partial charge is 0.328 e. The van der Waals surface area contributed by atoms with Gasteiger partial charge in [-0.25, -0.2) is 36.0 Å². The molecule has 0 unspecified atom stereocenters. The number of nitrogens with one attached hydrogen (secondary N) is 4. The zero-order valence-electron chi connectivity index (χ0n) is 42.2. The molecule has 0 radical (unpaired) electrons. The summed E-state index contributed by atoms with van der Waals surface area (Å²) in [6, 6.07) is 41.7. The number of nitrogens with zero attached hydrogens (tertiary/aromatic N) is 4. The molecule has 2 atom stereocenters. The Morgan fingerprint density at radius 3 is 1.29 bits per heavy atom. The molecule has 77 heavy (non-hydrogen) atoms. The van der Waals surface area contributed by atoms with Crippen molar-refractivity contribution in [2.45, 2.75) is 73.2 Å². The van der Waals surface area contributed by atoms with E-state index in [0.717, 1.165) is 66.3 Å². The molecule has 20 heteroatoms. The molecule has 5 N–H and O–H groups in total. The van der Waals surface area contributed by atoms with E-state index in [1.807, 2.05) is 48.5 Å². The van der Waals surface area contributed by atoms with Crippen molar-refractivity contribution < 1.29 is 45.9 Å². The number of para-hydroxylation sites is 2. The fraction of sp³-hybridized carbons (Fsp3) is 0.263. The number of amides is 4.